The van der Waals surface area contributed by atoms with Crippen molar-refractivity contribution in [1.82, 2.24) is 0 Å². The van der Waals surface area contributed by atoms with Gasteiger partial charge < -0.3 is 10.6 Å². The summed E-state index contributed by atoms with van der Waals surface area (Å²) in [6.45, 7) is 6.43. The molecule has 0 bridgehead atoms. The summed E-state index contributed by atoms with van der Waals surface area (Å²) in [5.74, 6) is -0.0506. The molecule has 3 heteroatoms. The van der Waals surface area contributed by atoms with Crippen LogP contribution in [0.4, 0.5) is 11.4 Å². The largest absolute Gasteiger partial charge is 0.381 e. The molecule has 0 aromatic heterocycles. The highest BCUT2D eigenvalue weighted by Crippen LogP contribution is 2.21. The topological polar surface area (TPSA) is 41.1 Å². The third-order valence-corrected chi connectivity index (χ3v) is 3.48. The predicted octanol–water partition coefficient (Wildman–Crippen LogP) is 4.13. The minimum atomic E-state index is -0.0506. The smallest absolute Gasteiger partial charge is 0.221 e. The van der Waals surface area contributed by atoms with Crippen LogP contribution in [0, 0.1) is 6.92 Å². The maximum Gasteiger partial charge on any atom is 0.221 e. The van der Waals surface area contributed by atoms with Crippen LogP contribution < -0.4 is 10.6 Å². The third kappa shape index (κ3) is 4.35. The molecule has 2 aromatic carbocycles. The summed E-state index contributed by atoms with van der Waals surface area (Å²) in [6.07, 6.45) is 1.06. The minimum absolute atomic E-state index is 0.0506. The fourth-order valence-corrected chi connectivity index (χ4v) is 2.15. The van der Waals surface area contributed by atoms with Gasteiger partial charge in [-0.15, -0.1) is 0 Å². The highest BCUT2D eigenvalue weighted by Gasteiger charge is 2.02. The number of amides is 1. The molecular weight excluding hydrogens is 260 g/mol. The van der Waals surface area contributed by atoms with E-state index in [0.29, 0.717) is 0 Å². The van der Waals surface area contributed by atoms with E-state index < -0.39 is 0 Å². The fourth-order valence-electron chi connectivity index (χ4n) is 2.15. The summed E-state index contributed by atoms with van der Waals surface area (Å²) in [4.78, 5) is 11.2. The summed E-state index contributed by atoms with van der Waals surface area (Å²) in [6, 6.07) is 14.6. The van der Waals surface area contributed by atoms with Crippen molar-refractivity contribution >= 4 is 17.3 Å². The van der Waals surface area contributed by atoms with Crippen LogP contribution in [0.25, 0.3) is 0 Å². The number of benzene rings is 2. The summed E-state index contributed by atoms with van der Waals surface area (Å²) >= 11 is 0. The second-order valence-corrected chi connectivity index (χ2v) is 5.23. The van der Waals surface area contributed by atoms with Gasteiger partial charge in [-0.2, -0.15) is 0 Å². The lowest BCUT2D eigenvalue weighted by Crippen LogP contribution is -2.08. The van der Waals surface area contributed by atoms with Gasteiger partial charge in [0.15, 0.2) is 0 Å². The number of rotatable bonds is 5. The molecule has 2 rings (SSSR count). The molecule has 0 aliphatic rings. The quantitative estimate of drug-likeness (QED) is 0.865. The molecule has 110 valence electrons. The Morgan fingerprint density at radius 3 is 2.33 bits per heavy atom. The van der Waals surface area contributed by atoms with Gasteiger partial charge in [0, 0.05) is 24.8 Å². The van der Waals surface area contributed by atoms with Crippen LogP contribution in [-0.4, -0.2) is 5.91 Å². The minimum Gasteiger partial charge on any atom is -0.381 e. The van der Waals surface area contributed by atoms with E-state index in [2.05, 4.69) is 41.8 Å². The van der Waals surface area contributed by atoms with E-state index in [0.717, 1.165) is 29.9 Å². The lowest BCUT2D eigenvalue weighted by atomic mass is 10.1. The monoisotopic (exact) mass is 282 g/mol. The number of carbonyl (C=O) groups excluding carboxylic acids is 1. The zero-order valence-electron chi connectivity index (χ0n) is 12.9. The number of hydrogen-bond acceptors (Lipinski definition) is 2. The molecule has 2 N–H and O–H groups in total. The van der Waals surface area contributed by atoms with Crippen molar-refractivity contribution in [1.29, 1.82) is 0 Å². The van der Waals surface area contributed by atoms with E-state index >= 15 is 0 Å². The van der Waals surface area contributed by atoms with E-state index in [1.807, 2.05) is 25.1 Å². The Kier molecular flexibility index (Phi) is 4.99. The van der Waals surface area contributed by atoms with Gasteiger partial charge in [-0.05, 0) is 42.2 Å². The summed E-state index contributed by atoms with van der Waals surface area (Å²) < 4.78 is 0. The third-order valence-electron chi connectivity index (χ3n) is 3.48. The van der Waals surface area contributed by atoms with Crippen molar-refractivity contribution in [3.8, 4) is 0 Å². The van der Waals surface area contributed by atoms with Crippen LogP contribution in [0.2, 0.25) is 0 Å². The zero-order valence-corrected chi connectivity index (χ0v) is 12.9. The number of carbonyl (C=O) groups is 1. The van der Waals surface area contributed by atoms with E-state index in [4.69, 9.17) is 0 Å². The van der Waals surface area contributed by atoms with Gasteiger partial charge in [0.2, 0.25) is 5.91 Å². The molecule has 0 heterocycles. The molecule has 0 aliphatic carbocycles. The van der Waals surface area contributed by atoms with Crippen LogP contribution in [0.1, 0.15) is 30.5 Å². The van der Waals surface area contributed by atoms with Crippen molar-refractivity contribution in [2.75, 3.05) is 10.6 Å². The number of hydrogen-bond donors (Lipinski definition) is 2. The van der Waals surface area contributed by atoms with E-state index in [9.17, 15) is 4.79 Å². The average molecular weight is 282 g/mol. The van der Waals surface area contributed by atoms with Crippen molar-refractivity contribution in [3.05, 3.63) is 59.2 Å². The van der Waals surface area contributed by atoms with Gasteiger partial charge in [-0.25, -0.2) is 0 Å². The summed E-state index contributed by atoms with van der Waals surface area (Å²) in [5, 5.41) is 6.24. The Morgan fingerprint density at radius 2 is 1.71 bits per heavy atom. The van der Waals surface area contributed by atoms with Crippen molar-refractivity contribution in [2.45, 2.75) is 33.7 Å². The molecule has 0 atom stereocenters. The second-order valence-electron chi connectivity index (χ2n) is 5.23. The zero-order chi connectivity index (χ0) is 15.2. The molecule has 0 saturated carbocycles. The molecule has 0 fully saturated rings. The van der Waals surface area contributed by atoms with E-state index in [1.54, 1.807) is 0 Å². The molecule has 0 unspecified atom stereocenters. The molecule has 0 radical (unpaired) electrons. The maximum atomic E-state index is 11.2. The number of aryl methyl sites for hydroxylation is 2. The van der Waals surface area contributed by atoms with Crippen molar-refractivity contribution in [2.24, 2.45) is 0 Å². The molecule has 3 nitrogen and oxygen atoms in total. The average Bonchev–Trinajstić information content (AvgIpc) is 2.48. The SMILES string of the molecule is CCc1ccc(CNc2ccc(C)c(NC(C)=O)c2)cc1. The first-order valence-electron chi connectivity index (χ1n) is 7.28. The molecule has 0 saturated heterocycles. The molecular formula is C18H22N2O. The van der Waals surface area contributed by atoms with Gasteiger partial charge >= 0.3 is 0 Å². The lowest BCUT2D eigenvalue weighted by Gasteiger charge is -2.11. The highest BCUT2D eigenvalue weighted by molar-refractivity contribution is 5.90. The standard InChI is InChI=1S/C18H22N2O/c1-4-15-6-8-16(9-7-15)12-19-17-10-5-13(2)18(11-17)20-14(3)21/h5-11,19H,4,12H2,1-3H3,(H,20,21). The summed E-state index contributed by atoms with van der Waals surface area (Å²) in [5.41, 5.74) is 5.51. The van der Waals surface area contributed by atoms with Crippen LogP contribution in [0.15, 0.2) is 42.5 Å². The van der Waals surface area contributed by atoms with Gasteiger partial charge in [0.25, 0.3) is 0 Å². The Balaban J connectivity index is 2.03. The normalized spacial score (nSPS) is 10.2. The van der Waals surface area contributed by atoms with Gasteiger partial charge in [0.1, 0.15) is 0 Å². The van der Waals surface area contributed by atoms with Crippen LogP contribution in [0.3, 0.4) is 0 Å². The Labute approximate surface area is 126 Å². The molecule has 0 aliphatic heterocycles. The Bertz CT molecular complexity index is 618. The molecule has 21 heavy (non-hydrogen) atoms. The van der Waals surface area contributed by atoms with Crippen LogP contribution >= 0.6 is 0 Å². The van der Waals surface area contributed by atoms with Crippen molar-refractivity contribution < 1.29 is 4.79 Å². The van der Waals surface area contributed by atoms with Crippen LogP contribution in [0.5, 0.6) is 0 Å². The second kappa shape index (κ2) is 6.93. The molecule has 0 spiro atoms. The Morgan fingerprint density at radius 1 is 1.05 bits per heavy atom. The van der Waals surface area contributed by atoms with Gasteiger partial charge in [-0.1, -0.05) is 37.3 Å². The van der Waals surface area contributed by atoms with E-state index in [-0.39, 0.29) is 5.91 Å². The van der Waals surface area contributed by atoms with Gasteiger partial charge in [-0.3, -0.25) is 4.79 Å². The predicted molar refractivity (Wildman–Crippen MR) is 88.6 cm³/mol. The molecule has 1 amide bonds. The first kappa shape index (κ1) is 15.1. The maximum absolute atomic E-state index is 11.2. The first-order chi connectivity index (χ1) is 10.1. The number of anilines is 2. The Hall–Kier alpha value is -2.29. The lowest BCUT2D eigenvalue weighted by molar-refractivity contribution is -0.114. The van der Waals surface area contributed by atoms with Gasteiger partial charge in [0.05, 0.1) is 0 Å². The summed E-state index contributed by atoms with van der Waals surface area (Å²) in [7, 11) is 0. The van der Waals surface area contributed by atoms with Crippen molar-refractivity contribution in [3.63, 3.8) is 0 Å². The van der Waals surface area contributed by atoms with Crippen LogP contribution in [-0.2, 0) is 17.8 Å². The highest BCUT2D eigenvalue weighted by atomic mass is 16.1. The van der Waals surface area contributed by atoms with E-state index in [1.165, 1.54) is 18.1 Å². The number of nitrogens with one attached hydrogen (secondary N) is 2. The fraction of sp³-hybridized carbons (Fsp3) is 0.278. The molecule has 2 aromatic rings. The first-order valence-corrected chi connectivity index (χ1v) is 7.28.